The van der Waals surface area contributed by atoms with Crippen LogP contribution in [0.1, 0.15) is 57.1 Å². The largest absolute Gasteiger partial charge is 0.464 e. The minimum Gasteiger partial charge on any atom is -0.464 e. The highest BCUT2D eigenvalue weighted by Crippen LogP contribution is 2.24. The molecule has 0 saturated carbocycles. The van der Waals surface area contributed by atoms with Crippen LogP contribution in [0.4, 0.5) is 0 Å². The Morgan fingerprint density at radius 3 is 2.83 bits per heavy atom. The highest BCUT2D eigenvalue weighted by Gasteiger charge is 2.38. The molecule has 1 aromatic rings. The van der Waals surface area contributed by atoms with Gasteiger partial charge in [0.2, 0.25) is 15.9 Å². The van der Waals surface area contributed by atoms with Crippen LogP contribution in [0.5, 0.6) is 0 Å². The minimum atomic E-state index is -3.36. The maximum atomic E-state index is 12.5. The van der Waals surface area contributed by atoms with Gasteiger partial charge in [-0.15, -0.1) is 0 Å². The van der Waals surface area contributed by atoms with Gasteiger partial charge in [0.05, 0.1) is 11.8 Å². The summed E-state index contributed by atoms with van der Waals surface area (Å²) >= 11 is 0. The molecule has 1 amide bonds. The molecule has 130 valence electrons. The zero-order valence-electron chi connectivity index (χ0n) is 14.0. The standard InChI is InChI=1S/C16H26N2O4S/c1-4-5-11-23(20,21)18-10-6-7-14(18)16(19)17-13(3)15-9-8-12(2)22-15/h8-9,13-14H,4-7,10-11H2,1-3H3,(H,17,19)/t13-,14-/m0/s1. The monoisotopic (exact) mass is 342 g/mol. The van der Waals surface area contributed by atoms with Crippen molar-refractivity contribution >= 4 is 15.9 Å². The van der Waals surface area contributed by atoms with Crippen molar-refractivity contribution in [2.75, 3.05) is 12.3 Å². The molecule has 1 N–H and O–H groups in total. The molecular weight excluding hydrogens is 316 g/mol. The Labute approximate surface area is 138 Å². The van der Waals surface area contributed by atoms with Gasteiger partial charge in [0.15, 0.2) is 0 Å². The molecule has 1 aromatic heterocycles. The van der Waals surface area contributed by atoms with Crippen LogP contribution in [-0.4, -0.2) is 37.0 Å². The Balaban J connectivity index is 2.03. The van der Waals surface area contributed by atoms with E-state index in [1.54, 1.807) is 0 Å². The third-order valence-corrected chi connectivity index (χ3v) is 6.12. The molecule has 7 heteroatoms. The van der Waals surface area contributed by atoms with Gasteiger partial charge in [-0.1, -0.05) is 13.3 Å². The Morgan fingerprint density at radius 2 is 2.22 bits per heavy atom. The number of aryl methyl sites for hydroxylation is 1. The molecule has 0 unspecified atom stereocenters. The summed E-state index contributed by atoms with van der Waals surface area (Å²) in [5, 5.41) is 2.87. The van der Waals surface area contributed by atoms with Crippen molar-refractivity contribution in [1.82, 2.24) is 9.62 Å². The molecular formula is C16H26N2O4S. The van der Waals surface area contributed by atoms with Crippen LogP contribution in [0.15, 0.2) is 16.5 Å². The highest BCUT2D eigenvalue weighted by molar-refractivity contribution is 7.89. The van der Waals surface area contributed by atoms with Crippen molar-refractivity contribution in [2.24, 2.45) is 0 Å². The molecule has 0 spiro atoms. The van der Waals surface area contributed by atoms with E-state index >= 15 is 0 Å². The van der Waals surface area contributed by atoms with Gasteiger partial charge >= 0.3 is 0 Å². The molecule has 2 heterocycles. The van der Waals surface area contributed by atoms with Gasteiger partial charge in [0.1, 0.15) is 17.6 Å². The fourth-order valence-corrected chi connectivity index (χ4v) is 4.73. The summed E-state index contributed by atoms with van der Waals surface area (Å²) < 4.78 is 31.7. The number of nitrogens with one attached hydrogen (secondary N) is 1. The molecule has 0 aliphatic carbocycles. The molecule has 1 saturated heterocycles. The van der Waals surface area contributed by atoms with Gasteiger partial charge < -0.3 is 9.73 Å². The van der Waals surface area contributed by atoms with E-state index in [0.717, 1.165) is 18.6 Å². The van der Waals surface area contributed by atoms with Crippen LogP contribution in [0.25, 0.3) is 0 Å². The van der Waals surface area contributed by atoms with Crippen LogP contribution < -0.4 is 5.32 Å². The Bertz CT molecular complexity index is 638. The van der Waals surface area contributed by atoms with Crippen LogP contribution in [0.2, 0.25) is 0 Å². The van der Waals surface area contributed by atoms with Crippen molar-refractivity contribution in [3.8, 4) is 0 Å². The first-order chi connectivity index (χ1) is 10.8. The van der Waals surface area contributed by atoms with E-state index < -0.39 is 16.1 Å². The second kappa shape index (κ2) is 7.49. The van der Waals surface area contributed by atoms with E-state index in [2.05, 4.69) is 5.32 Å². The first kappa shape index (κ1) is 18.0. The SMILES string of the molecule is CCCCS(=O)(=O)N1CCC[C@H]1C(=O)N[C@@H](C)c1ccc(C)o1. The van der Waals surface area contributed by atoms with E-state index in [0.29, 0.717) is 25.1 Å². The normalized spacial score (nSPS) is 20.6. The summed E-state index contributed by atoms with van der Waals surface area (Å²) in [7, 11) is -3.36. The molecule has 2 rings (SSSR count). The fourth-order valence-electron chi connectivity index (χ4n) is 2.85. The van der Waals surface area contributed by atoms with Crippen molar-refractivity contribution in [3.63, 3.8) is 0 Å². The van der Waals surface area contributed by atoms with E-state index in [1.807, 2.05) is 32.9 Å². The van der Waals surface area contributed by atoms with Gasteiger partial charge in [0.25, 0.3) is 0 Å². The van der Waals surface area contributed by atoms with Crippen LogP contribution in [0, 0.1) is 6.92 Å². The van der Waals surface area contributed by atoms with Gasteiger partial charge in [-0.2, -0.15) is 4.31 Å². The van der Waals surface area contributed by atoms with E-state index in [-0.39, 0.29) is 17.7 Å². The van der Waals surface area contributed by atoms with E-state index in [9.17, 15) is 13.2 Å². The van der Waals surface area contributed by atoms with Crippen molar-refractivity contribution in [3.05, 3.63) is 23.7 Å². The topological polar surface area (TPSA) is 79.6 Å². The highest BCUT2D eigenvalue weighted by atomic mass is 32.2. The Morgan fingerprint density at radius 1 is 1.48 bits per heavy atom. The predicted octanol–water partition coefficient (Wildman–Crippen LogP) is 2.36. The molecule has 0 aromatic carbocycles. The molecule has 6 nitrogen and oxygen atoms in total. The van der Waals surface area contributed by atoms with Gasteiger partial charge in [0, 0.05) is 6.54 Å². The Kier molecular flexibility index (Phi) is 5.86. The van der Waals surface area contributed by atoms with Gasteiger partial charge in [-0.3, -0.25) is 4.79 Å². The molecule has 0 bridgehead atoms. The lowest BCUT2D eigenvalue weighted by molar-refractivity contribution is -0.125. The average Bonchev–Trinajstić information content (AvgIpc) is 3.14. The maximum Gasteiger partial charge on any atom is 0.239 e. The summed E-state index contributed by atoms with van der Waals surface area (Å²) in [4.78, 5) is 12.5. The second-order valence-electron chi connectivity index (χ2n) is 6.12. The fraction of sp³-hybridized carbons (Fsp3) is 0.688. The third kappa shape index (κ3) is 4.35. The van der Waals surface area contributed by atoms with E-state index in [1.165, 1.54) is 4.31 Å². The third-order valence-electron chi connectivity index (χ3n) is 4.17. The van der Waals surface area contributed by atoms with Crippen molar-refractivity contribution in [1.29, 1.82) is 0 Å². The quantitative estimate of drug-likeness (QED) is 0.825. The number of carbonyl (C=O) groups is 1. The first-order valence-electron chi connectivity index (χ1n) is 8.21. The zero-order valence-corrected chi connectivity index (χ0v) is 14.9. The lowest BCUT2D eigenvalue weighted by Gasteiger charge is -2.24. The smallest absolute Gasteiger partial charge is 0.239 e. The molecule has 1 aliphatic heterocycles. The summed E-state index contributed by atoms with van der Waals surface area (Å²) in [6.45, 7) is 6.06. The summed E-state index contributed by atoms with van der Waals surface area (Å²) in [6.07, 6.45) is 2.73. The number of hydrogen-bond acceptors (Lipinski definition) is 4. The number of hydrogen-bond donors (Lipinski definition) is 1. The van der Waals surface area contributed by atoms with Gasteiger partial charge in [-0.05, 0) is 45.2 Å². The van der Waals surface area contributed by atoms with Gasteiger partial charge in [-0.25, -0.2) is 8.42 Å². The molecule has 2 atom stereocenters. The molecule has 23 heavy (non-hydrogen) atoms. The number of rotatable bonds is 7. The number of nitrogens with zero attached hydrogens (tertiary/aromatic N) is 1. The lowest BCUT2D eigenvalue weighted by atomic mass is 10.2. The first-order valence-corrected chi connectivity index (χ1v) is 9.82. The Hall–Kier alpha value is -1.34. The molecule has 1 aliphatic rings. The summed E-state index contributed by atoms with van der Waals surface area (Å²) in [6, 6.07) is 2.78. The van der Waals surface area contributed by atoms with Crippen LogP contribution in [0.3, 0.4) is 0 Å². The average molecular weight is 342 g/mol. The summed E-state index contributed by atoms with van der Waals surface area (Å²) in [5.41, 5.74) is 0. The summed E-state index contributed by atoms with van der Waals surface area (Å²) in [5.74, 6) is 1.32. The number of amides is 1. The molecule has 0 radical (unpaired) electrons. The number of furan rings is 1. The van der Waals surface area contributed by atoms with E-state index in [4.69, 9.17) is 4.42 Å². The van der Waals surface area contributed by atoms with Crippen molar-refractivity contribution in [2.45, 2.75) is 58.5 Å². The van der Waals surface area contributed by atoms with Crippen LogP contribution >= 0.6 is 0 Å². The number of sulfonamides is 1. The number of unbranched alkanes of at least 4 members (excludes halogenated alkanes) is 1. The minimum absolute atomic E-state index is 0.111. The molecule has 1 fully saturated rings. The lowest BCUT2D eigenvalue weighted by Crippen LogP contribution is -2.47. The number of carbonyl (C=O) groups excluding carboxylic acids is 1. The predicted molar refractivity (Wildman–Crippen MR) is 88.4 cm³/mol. The van der Waals surface area contributed by atoms with Crippen molar-refractivity contribution < 1.29 is 17.6 Å². The zero-order chi connectivity index (χ0) is 17.0. The second-order valence-corrected chi connectivity index (χ2v) is 8.16. The van der Waals surface area contributed by atoms with Crippen LogP contribution in [-0.2, 0) is 14.8 Å². The maximum absolute atomic E-state index is 12.5.